The average Bonchev–Trinajstić information content (AvgIpc) is 3.19. The van der Waals surface area contributed by atoms with E-state index in [1.54, 1.807) is 51.9 Å². The van der Waals surface area contributed by atoms with Gasteiger partial charge in [-0.3, -0.25) is 19.0 Å². The fourth-order valence-electron chi connectivity index (χ4n) is 4.93. The van der Waals surface area contributed by atoms with Crippen LogP contribution in [0.5, 0.6) is 5.75 Å². The summed E-state index contributed by atoms with van der Waals surface area (Å²) in [6.45, 7) is 6.78. The Morgan fingerprint density at radius 3 is 2.26 bits per heavy atom. The van der Waals surface area contributed by atoms with Crippen LogP contribution in [0, 0.1) is 6.92 Å². The van der Waals surface area contributed by atoms with Crippen molar-refractivity contribution in [3.05, 3.63) is 58.7 Å². The quantitative estimate of drug-likeness (QED) is 0.232. The first-order chi connectivity index (χ1) is 18.6. The van der Waals surface area contributed by atoms with Gasteiger partial charge >= 0.3 is 0 Å². The highest BCUT2D eigenvalue weighted by atomic mass is 35.5. The third kappa shape index (κ3) is 7.63. The SMILES string of the molecule is CCCCN(C)C(=O)CCCCCCCN(C(C)=O)c1c(C)n(C(=O)c2ccc(Cl)cc2)c2ccc(O)cc12. The van der Waals surface area contributed by atoms with Gasteiger partial charge in [0.2, 0.25) is 11.8 Å². The van der Waals surface area contributed by atoms with E-state index in [2.05, 4.69) is 6.92 Å². The summed E-state index contributed by atoms with van der Waals surface area (Å²) in [6.07, 6.45) is 7.21. The zero-order valence-corrected chi connectivity index (χ0v) is 24.3. The summed E-state index contributed by atoms with van der Waals surface area (Å²) in [7, 11) is 1.87. The molecule has 2 amide bonds. The van der Waals surface area contributed by atoms with E-state index >= 15 is 0 Å². The molecular weight excluding hydrogens is 514 g/mol. The fourth-order valence-corrected chi connectivity index (χ4v) is 5.05. The molecule has 0 aliphatic carbocycles. The number of aromatic hydroxyl groups is 1. The summed E-state index contributed by atoms with van der Waals surface area (Å²) in [5, 5.41) is 11.4. The lowest BCUT2D eigenvalue weighted by Gasteiger charge is -2.22. The molecule has 39 heavy (non-hydrogen) atoms. The maximum Gasteiger partial charge on any atom is 0.262 e. The Bertz CT molecular complexity index is 1300. The van der Waals surface area contributed by atoms with Crippen LogP contribution in [0.2, 0.25) is 5.02 Å². The van der Waals surface area contributed by atoms with Gasteiger partial charge < -0.3 is 14.9 Å². The van der Waals surface area contributed by atoms with Crippen LogP contribution < -0.4 is 4.90 Å². The Morgan fingerprint density at radius 1 is 0.923 bits per heavy atom. The monoisotopic (exact) mass is 553 g/mol. The molecule has 8 heteroatoms. The minimum atomic E-state index is -0.232. The third-order valence-corrected chi connectivity index (χ3v) is 7.40. The number of halogens is 1. The molecule has 0 aliphatic heterocycles. The summed E-state index contributed by atoms with van der Waals surface area (Å²) < 4.78 is 1.60. The number of unbranched alkanes of at least 4 members (excludes halogenated alkanes) is 5. The van der Waals surface area contributed by atoms with Crippen molar-refractivity contribution in [2.75, 3.05) is 25.0 Å². The number of phenolic OH excluding ortho intramolecular Hbond substituents is 1. The number of fused-ring (bicyclic) bond motifs is 1. The van der Waals surface area contributed by atoms with E-state index in [1.807, 2.05) is 18.9 Å². The van der Waals surface area contributed by atoms with Crippen LogP contribution in [0.4, 0.5) is 5.69 Å². The Balaban J connectivity index is 1.70. The van der Waals surface area contributed by atoms with Gasteiger partial charge in [-0.2, -0.15) is 0 Å². The minimum absolute atomic E-state index is 0.0678. The van der Waals surface area contributed by atoms with E-state index in [4.69, 9.17) is 11.6 Å². The van der Waals surface area contributed by atoms with Gasteiger partial charge in [-0.1, -0.05) is 44.2 Å². The van der Waals surface area contributed by atoms with E-state index in [-0.39, 0.29) is 23.5 Å². The highest BCUT2D eigenvalue weighted by Crippen LogP contribution is 2.37. The summed E-state index contributed by atoms with van der Waals surface area (Å²) >= 11 is 6.01. The van der Waals surface area contributed by atoms with Crippen LogP contribution in [-0.4, -0.2) is 52.4 Å². The zero-order chi connectivity index (χ0) is 28.5. The molecule has 3 aromatic rings. The Kier molecular flexibility index (Phi) is 11.0. The van der Waals surface area contributed by atoms with Crippen LogP contribution in [-0.2, 0) is 9.59 Å². The summed E-state index contributed by atoms with van der Waals surface area (Å²) in [5.74, 6) is -0.0858. The van der Waals surface area contributed by atoms with E-state index in [1.165, 1.54) is 6.92 Å². The number of carbonyl (C=O) groups is 3. The number of benzene rings is 2. The number of hydrogen-bond donors (Lipinski definition) is 1. The van der Waals surface area contributed by atoms with Gasteiger partial charge in [0, 0.05) is 55.1 Å². The molecular formula is C31H40ClN3O4. The summed E-state index contributed by atoms with van der Waals surface area (Å²) in [5.41, 5.74) is 2.37. The van der Waals surface area contributed by atoms with Crippen molar-refractivity contribution in [1.29, 1.82) is 0 Å². The van der Waals surface area contributed by atoms with E-state index in [0.29, 0.717) is 45.8 Å². The number of phenols is 1. The van der Waals surface area contributed by atoms with Gasteiger partial charge in [0.05, 0.1) is 11.2 Å². The number of hydrogen-bond acceptors (Lipinski definition) is 4. The lowest BCUT2D eigenvalue weighted by molar-refractivity contribution is -0.130. The molecule has 2 aromatic carbocycles. The van der Waals surface area contributed by atoms with Crippen molar-refractivity contribution in [1.82, 2.24) is 9.47 Å². The molecule has 1 aromatic heterocycles. The van der Waals surface area contributed by atoms with Gasteiger partial charge in [-0.25, -0.2) is 0 Å². The molecule has 1 N–H and O–H groups in total. The van der Waals surface area contributed by atoms with Crippen LogP contribution >= 0.6 is 11.6 Å². The largest absolute Gasteiger partial charge is 0.508 e. The smallest absolute Gasteiger partial charge is 0.262 e. The zero-order valence-electron chi connectivity index (χ0n) is 23.5. The number of rotatable bonds is 13. The molecule has 0 unspecified atom stereocenters. The topological polar surface area (TPSA) is 82.9 Å². The van der Waals surface area contributed by atoms with Crippen LogP contribution in [0.1, 0.15) is 81.3 Å². The van der Waals surface area contributed by atoms with Crippen molar-refractivity contribution in [3.8, 4) is 5.75 Å². The molecule has 0 atom stereocenters. The van der Waals surface area contributed by atoms with Crippen LogP contribution in [0.3, 0.4) is 0 Å². The van der Waals surface area contributed by atoms with Gasteiger partial charge in [-0.15, -0.1) is 0 Å². The van der Waals surface area contributed by atoms with Crippen molar-refractivity contribution in [2.24, 2.45) is 0 Å². The van der Waals surface area contributed by atoms with Crippen molar-refractivity contribution in [3.63, 3.8) is 0 Å². The van der Waals surface area contributed by atoms with Crippen LogP contribution in [0.25, 0.3) is 10.9 Å². The molecule has 0 aliphatic rings. The summed E-state index contributed by atoms with van der Waals surface area (Å²) in [6, 6.07) is 11.5. The van der Waals surface area contributed by atoms with Gasteiger partial charge in [-0.05, 0) is 68.7 Å². The second-order valence-corrected chi connectivity index (χ2v) is 10.6. The Hall–Kier alpha value is -3.32. The lowest BCUT2D eigenvalue weighted by atomic mass is 10.1. The standard InChI is InChI=1S/C31H40ClN3O4/c1-5-6-19-33(4)29(38)12-10-8-7-9-11-20-34(23(3)36)30-22(2)35(28-18-17-26(37)21-27(28)30)31(39)24-13-15-25(32)16-14-24/h13-18,21,37H,5-12,19-20H2,1-4H3. The van der Waals surface area contributed by atoms with E-state index in [0.717, 1.165) is 51.5 Å². The van der Waals surface area contributed by atoms with Crippen LogP contribution in [0.15, 0.2) is 42.5 Å². The molecule has 0 spiro atoms. The maximum absolute atomic E-state index is 13.5. The molecule has 0 fully saturated rings. The maximum atomic E-state index is 13.5. The van der Waals surface area contributed by atoms with Gasteiger partial charge in [0.1, 0.15) is 5.75 Å². The molecule has 3 rings (SSSR count). The average molecular weight is 554 g/mol. The lowest BCUT2D eigenvalue weighted by Crippen LogP contribution is -2.30. The predicted molar refractivity (Wildman–Crippen MR) is 158 cm³/mol. The second-order valence-electron chi connectivity index (χ2n) is 10.1. The molecule has 0 bridgehead atoms. The Morgan fingerprint density at radius 2 is 1.59 bits per heavy atom. The molecule has 210 valence electrons. The summed E-state index contributed by atoms with van der Waals surface area (Å²) in [4.78, 5) is 42.1. The predicted octanol–water partition coefficient (Wildman–Crippen LogP) is 6.95. The van der Waals surface area contributed by atoms with Gasteiger partial charge in [0.25, 0.3) is 5.91 Å². The highest BCUT2D eigenvalue weighted by molar-refractivity contribution is 6.30. The molecule has 0 saturated heterocycles. The number of aromatic nitrogens is 1. The van der Waals surface area contributed by atoms with Crippen molar-refractivity contribution in [2.45, 2.75) is 72.1 Å². The van der Waals surface area contributed by atoms with E-state index in [9.17, 15) is 19.5 Å². The fraction of sp³-hybridized carbons (Fsp3) is 0.452. The normalized spacial score (nSPS) is 11.1. The first-order valence-corrected chi connectivity index (χ1v) is 14.2. The Labute approximate surface area is 236 Å². The number of carbonyl (C=O) groups excluding carboxylic acids is 3. The second kappa shape index (κ2) is 14.2. The first-order valence-electron chi connectivity index (χ1n) is 13.8. The third-order valence-electron chi connectivity index (χ3n) is 7.14. The van der Waals surface area contributed by atoms with Gasteiger partial charge in [0.15, 0.2) is 0 Å². The highest BCUT2D eigenvalue weighted by Gasteiger charge is 2.25. The number of amides is 2. The number of nitrogens with zero attached hydrogens (tertiary/aromatic N) is 3. The number of anilines is 1. The molecule has 0 radical (unpaired) electrons. The minimum Gasteiger partial charge on any atom is -0.508 e. The van der Waals surface area contributed by atoms with Crippen molar-refractivity contribution >= 4 is 45.9 Å². The van der Waals surface area contributed by atoms with Crippen molar-refractivity contribution < 1.29 is 19.5 Å². The molecule has 7 nitrogen and oxygen atoms in total. The van der Waals surface area contributed by atoms with E-state index < -0.39 is 0 Å². The first kappa shape index (κ1) is 30.2. The molecule has 0 saturated carbocycles. The molecule has 1 heterocycles.